The minimum Gasteiger partial charge on any atom is -0.380 e. The number of ether oxygens (including phenoxy) is 2. The van der Waals surface area contributed by atoms with Crippen LogP contribution < -0.4 is 0 Å². The average molecular weight is 287 g/mol. The summed E-state index contributed by atoms with van der Waals surface area (Å²) in [6.45, 7) is 12.2. The predicted octanol–water partition coefficient (Wildman–Crippen LogP) is 3.10. The molecule has 0 heterocycles. The highest BCUT2D eigenvalue weighted by molar-refractivity contribution is 5.78. The van der Waals surface area contributed by atoms with Crippen molar-refractivity contribution in [2.75, 3.05) is 39.5 Å². The largest absolute Gasteiger partial charge is 0.380 e. The van der Waals surface area contributed by atoms with Gasteiger partial charge in [0.25, 0.3) is 0 Å². The molecule has 0 spiro atoms. The van der Waals surface area contributed by atoms with Crippen LogP contribution in [0.25, 0.3) is 0 Å². The lowest BCUT2D eigenvalue weighted by Gasteiger charge is -2.27. The first kappa shape index (κ1) is 19.4. The highest BCUT2D eigenvalue weighted by Crippen LogP contribution is 2.16. The van der Waals surface area contributed by atoms with Gasteiger partial charge in [0.05, 0.1) is 13.2 Å². The zero-order valence-corrected chi connectivity index (χ0v) is 13.8. The van der Waals surface area contributed by atoms with Crippen molar-refractivity contribution in [3.63, 3.8) is 0 Å². The quantitative estimate of drug-likeness (QED) is 0.489. The van der Waals surface area contributed by atoms with Crippen LogP contribution in [0.1, 0.15) is 53.4 Å². The van der Waals surface area contributed by atoms with Crippen LogP contribution in [0.3, 0.4) is 0 Å². The molecular weight excluding hydrogens is 254 g/mol. The molecule has 0 saturated heterocycles. The number of hydrogen-bond donors (Lipinski definition) is 0. The van der Waals surface area contributed by atoms with E-state index < -0.39 is 0 Å². The summed E-state index contributed by atoms with van der Waals surface area (Å²) in [5, 5.41) is 0. The molecule has 0 N–H and O–H groups in total. The lowest BCUT2D eigenvalue weighted by atomic mass is 9.97. The maximum atomic E-state index is 12.6. The third kappa shape index (κ3) is 8.54. The van der Waals surface area contributed by atoms with E-state index in [9.17, 15) is 4.79 Å². The Morgan fingerprint density at radius 3 is 1.95 bits per heavy atom. The van der Waals surface area contributed by atoms with Crippen LogP contribution in [0.15, 0.2) is 0 Å². The summed E-state index contributed by atoms with van der Waals surface area (Å²) < 4.78 is 10.8. The Hall–Kier alpha value is -0.610. The second-order valence-electron chi connectivity index (χ2n) is 4.97. The summed E-state index contributed by atoms with van der Waals surface area (Å²) in [4.78, 5) is 14.5. The minimum atomic E-state index is 0.151. The summed E-state index contributed by atoms with van der Waals surface area (Å²) in [7, 11) is 0. The van der Waals surface area contributed by atoms with Gasteiger partial charge in [-0.1, -0.05) is 26.7 Å². The Kier molecular flexibility index (Phi) is 13.0. The molecule has 0 aliphatic heterocycles. The summed E-state index contributed by atoms with van der Waals surface area (Å²) in [6.07, 6.45) is 4.17. The average Bonchev–Trinajstić information content (AvgIpc) is 2.46. The first-order valence-corrected chi connectivity index (χ1v) is 8.15. The smallest absolute Gasteiger partial charge is 0.225 e. The van der Waals surface area contributed by atoms with Crippen LogP contribution in [0, 0.1) is 5.92 Å². The Balaban J connectivity index is 4.40. The second kappa shape index (κ2) is 13.4. The molecule has 0 rings (SSSR count). The fourth-order valence-corrected chi connectivity index (χ4v) is 2.18. The molecule has 0 aromatic rings. The third-order valence-electron chi connectivity index (χ3n) is 3.48. The number of unbranched alkanes of at least 4 members (excludes halogenated alkanes) is 1. The molecule has 0 aliphatic carbocycles. The molecule has 1 amide bonds. The molecule has 1 atom stereocenters. The number of carbonyl (C=O) groups is 1. The third-order valence-corrected chi connectivity index (χ3v) is 3.48. The maximum Gasteiger partial charge on any atom is 0.225 e. The topological polar surface area (TPSA) is 38.8 Å². The molecule has 0 saturated carbocycles. The Labute approximate surface area is 124 Å². The normalized spacial score (nSPS) is 12.4. The molecule has 0 unspecified atom stereocenters. The standard InChI is InChI=1S/C16H33NO3/c1-5-9-10-15(6-2)16(18)17(11-13-19-7-3)12-14-20-8-4/h15H,5-14H2,1-4H3/t15-/m0/s1. The molecule has 0 radical (unpaired) electrons. The van der Waals surface area contributed by atoms with E-state index in [2.05, 4.69) is 13.8 Å². The monoisotopic (exact) mass is 287 g/mol. The first-order chi connectivity index (χ1) is 9.71. The fraction of sp³-hybridized carbons (Fsp3) is 0.938. The summed E-state index contributed by atoms with van der Waals surface area (Å²) in [6, 6.07) is 0. The molecule has 0 aliphatic rings. The van der Waals surface area contributed by atoms with E-state index >= 15 is 0 Å². The van der Waals surface area contributed by atoms with E-state index in [-0.39, 0.29) is 11.8 Å². The van der Waals surface area contributed by atoms with E-state index in [1.807, 2.05) is 18.7 Å². The van der Waals surface area contributed by atoms with Gasteiger partial charge in [0.2, 0.25) is 5.91 Å². The Morgan fingerprint density at radius 2 is 1.55 bits per heavy atom. The zero-order chi connectivity index (χ0) is 15.2. The van der Waals surface area contributed by atoms with E-state index in [0.717, 1.165) is 25.7 Å². The molecule has 4 nitrogen and oxygen atoms in total. The van der Waals surface area contributed by atoms with Crippen LogP contribution in [0.5, 0.6) is 0 Å². The van der Waals surface area contributed by atoms with Gasteiger partial charge in [0.15, 0.2) is 0 Å². The highest BCUT2D eigenvalue weighted by atomic mass is 16.5. The SMILES string of the molecule is CCCC[C@H](CC)C(=O)N(CCOCC)CCOCC. The van der Waals surface area contributed by atoms with Crippen molar-refractivity contribution < 1.29 is 14.3 Å². The Morgan fingerprint density at radius 1 is 1.00 bits per heavy atom. The number of carbonyl (C=O) groups excluding carboxylic acids is 1. The molecule has 120 valence electrons. The van der Waals surface area contributed by atoms with E-state index in [0.29, 0.717) is 39.5 Å². The van der Waals surface area contributed by atoms with Crippen molar-refractivity contribution in [2.24, 2.45) is 5.92 Å². The van der Waals surface area contributed by atoms with Crippen LogP contribution in [0.4, 0.5) is 0 Å². The van der Waals surface area contributed by atoms with Crippen LogP contribution in [-0.4, -0.2) is 50.3 Å². The van der Waals surface area contributed by atoms with Crippen LogP contribution in [0.2, 0.25) is 0 Å². The molecule has 0 aromatic carbocycles. The lowest BCUT2D eigenvalue weighted by molar-refractivity contribution is -0.137. The predicted molar refractivity (Wildman–Crippen MR) is 82.9 cm³/mol. The van der Waals surface area contributed by atoms with Gasteiger partial charge in [-0.2, -0.15) is 0 Å². The van der Waals surface area contributed by atoms with Gasteiger partial charge in [-0.3, -0.25) is 4.79 Å². The van der Waals surface area contributed by atoms with Gasteiger partial charge >= 0.3 is 0 Å². The number of hydrogen-bond acceptors (Lipinski definition) is 3. The van der Waals surface area contributed by atoms with E-state index in [1.54, 1.807) is 0 Å². The zero-order valence-electron chi connectivity index (χ0n) is 13.8. The van der Waals surface area contributed by atoms with Gasteiger partial charge in [-0.05, 0) is 26.7 Å². The fourth-order valence-electron chi connectivity index (χ4n) is 2.18. The molecule has 0 bridgehead atoms. The van der Waals surface area contributed by atoms with Gasteiger partial charge in [-0.25, -0.2) is 0 Å². The minimum absolute atomic E-state index is 0.151. The van der Waals surface area contributed by atoms with Crippen molar-refractivity contribution in [2.45, 2.75) is 53.4 Å². The van der Waals surface area contributed by atoms with Crippen LogP contribution in [-0.2, 0) is 14.3 Å². The van der Waals surface area contributed by atoms with Gasteiger partial charge in [-0.15, -0.1) is 0 Å². The van der Waals surface area contributed by atoms with E-state index in [1.165, 1.54) is 0 Å². The summed E-state index contributed by atoms with van der Waals surface area (Å²) in [5.41, 5.74) is 0. The van der Waals surface area contributed by atoms with Crippen molar-refractivity contribution >= 4 is 5.91 Å². The number of rotatable bonds is 13. The van der Waals surface area contributed by atoms with Crippen LogP contribution >= 0.6 is 0 Å². The summed E-state index contributed by atoms with van der Waals surface area (Å²) in [5.74, 6) is 0.415. The molecule has 20 heavy (non-hydrogen) atoms. The molecule has 0 fully saturated rings. The first-order valence-electron chi connectivity index (χ1n) is 8.15. The van der Waals surface area contributed by atoms with Gasteiger partial charge in [0, 0.05) is 32.2 Å². The number of amides is 1. The lowest BCUT2D eigenvalue weighted by Crippen LogP contribution is -2.40. The van der Waals surface area contributed by atoms with E-state index in [4.69, 9.17) is 9.47 Å². The molecular formula is C16H33NO3. The summed E-state index contributed by atoms with van der Waals surface area (Å²) >= 11 is 0. The van der Waals surface area contributed by atoms with Crippen molar-refractivity contribution in [1.82, 2.24) is 4.90 Å². The van der Waals surface area contributed by atoms with Gasteiger partial charge < -0.3 is 14.4 Å². The maximum absolute atomic E-state index is 12.6. The van der Waals surface area contributed by atoms with Crippen molar-refractivity contribution in [3.05, 3.63) is 0 Å². The number of nitrogens with zero attached hydrogens (tertiary/aromatic N) is 1. The van der Waals surface area contributed by atoms with Crippen molar-refractivity contribution in [1.29, 1.82) is 0 Å². The van der Waals surface area contributed by atoms with Crippen molar-refractivity contribution in [3.8, 4) is 0 Å². The molecule has 0 aromatic heterocycles. The molecule has 4 heteroatoms. The Bertz CT molecular complexity index is 224. The second-order valence-corrected chi connectivity index (χ2v) is 4.97. The highest BCUT2D eigenvalue weighted by Gasteiger charge is 2.22. The van der Waals surface area contributed by atoms with Gasteiger partial charge in [0.1, 0.15) is 0 Å².